The Morgan fingerprint density at radius 3 is 2.64 bits per heavy atom. The van der Waals surface area contributed by atoms with Crippen molar-refractivity contribution >= 4 is 22.8 Å². The first kappa shape index (κ1) is 18.9. The van der Waals surface area contributed by atoms with Crippen LogP contribution in [0.2, 0.25) is 0 Å². The summed E-state index contributed by atoms with van der Waals surface area (Å²) in [6.07, 6.45) is 8.51. The van der Waals surface area contributed by atoms with E-state index in [1.165, 1.54) is 0 Å². The SMILES string of the molecule is C[C@H](OC(=O)c1c2c(nc3ccccc13)CCCCC2)C(=O)NC1CCCC1. The van der Waals surface area contributed by atoms with Crippen LogP contribution in [-0.2, 0) is 22.4 Å². The standard InChI is InChI=1S/C23H28N2O3/c1-15(22(26)24-16-9-5-6-10-16)28-23(27)21-17-11-3-2-4-13-19(17)25-20-14-8-7-12-18(20)21/h7-8,12,14-16H,2-6,9-11,13H2,1H3,(H,24,26)/t15-/m0/s1. The summed E-state index contributed by atoms with van der Waals surface area (Å²) < 4.78 is 5.64. The number of benzene rings is 1. The van der Waals surface area contributed by atoms with Crippen LogP contribution in [0.5, 0.6) is 0 Å². The highest BCUT2D eigenvalue weighted by Crippen LogP contribution is 2.29. The lowest BCUT2D eigenvalue weighted by molar-refractivity contribution is -0.129. The smallest absolute Gasteiger partial charge is 0.339 e. The Bertz CT molecular complexity index is 887. The van der Waals surface area contributed by atoms with Gasteiger partial charge in [0.2, 0.25) is 0 Å². The molecule has 5 nitrogen and oxygen atoms in total. The Morgan fingerprint density at radius 1 is 1.07 bits per heavy atom. The predicted octanol–water partition coefficient (Wildman–Crippen LogP) is 4.11. The van der Waals surface area contributed by atoms with Gasteiger partial charge in [0.1, 0.15) is 0 Å². The molecule has 1 saturated carbocycles. The number of carbonyl (C=O) groups excluding carboxylic acids is 2. The van der Waals surface area contributed by atoms with Crippen LogP contribution in [0, 0.1) is 0 Å². The van der Waals surface area contributed by atoms with E-state index in [1.807, 2.05) is 24.3 Å². The molecule has 1 aromatic heterocycles. The van der Waals surface area contributed by atoms with Crippen LogP contribution in [0.1, 0.15) is 73.5 Å². The van der Waals surface area contributed by atoms with Crippen LogP contribution in [0.15, 0.2) is 24.3 Å². The van der Waals surface area contributed by atoms with Crippen LogP contribution in [0.3, 0.4) is 0 Å². The van der Waals surface area contributed by atoms with Gasteiger partial charge < -0.3 is 10.1 Å². The summed E-state index contributed by atoms with van der Waals surface area (Å²) >= 11 is 0. The summed E-state index contributed by atoms with van der Waals surface area (Å²) in [5.41, 5.74) is 3.43. The van der Waals surface area contributed by atoms with Crippen molar-refractivity contribution < 1.29 is 14.3 Å². The second-order valence-corrected chi connectivity index (χ2v) is 8.03. The van der Waals surface area contributed by atoms with Crippen LogP contribution >= 0.6 is 0 Å². The fourth-order valence-electron chi connectivity index (χ4n) is 4.44. The van der Waals surface area contributed by atoms with Crippen molar-refractivity contribution in [1.29, 1.82) is 0 Å². The Morgan fingerprint density at radius 2 is 1.82 bits per heavy atom. The molecule has 0 aliphatic heterocycles. The summed E-state index contributed by atoms with van der Waals surface area (Å²) in [7, 11) is 0. The monoisotopic (exact) mass is 380 g/mol. The van der Waals surface area contributed by atoms with Crippen LogP contribution in [0.25, 0.3) is 10.9 Å². The molecule has 2 aromatic rings. The van der Waals surface area contributed by atoms with E-state index in [2.05, 4.69) is 5.32 Å². The number of aromatic nitrogens is 1. The molecule has 2 aliphatic rings. The normalized spacial score (nSPS) is 18.3. The number of hydrogen-bond acceptors (Lipinski definition) is 4. The second kappa shape index (κ2) is 8.29. The molecular formula is C23H28N2O3. The highest BCUT2D eigenvalue weighted by molar-refractivity contribution is 6.05. The first-order valence-corrected chi connectivity index (χ1v) is 10.6. The fraction of sp³-hybridized carbons (Fsp3) is 0.522. The van der Waals surface area contributed by atoms with E-state index >= 15 is 0 Å². The molecule has 1 N–H and O–H groups in total. The molecule has 0 unspecified atom stereocenters. The number of nitrogens with one attached hydrogen (secondary N) is 1. The number of ether oxygens (including phenoxy) is 1. The van der Waals surface area contributed by atoms with Crippen LogP contribution in [0.4, 0.5) is 0 Å². The summed E-state index contributed by atoms with van der Waals surface area (Å²) in [4.78, 5) is 30.5. The maximum Gasteiger partial charge on any atom is 0.339 e. The Labute approximate surface area is 165 Å². The Balaban J connectivity index is 1.61. The van der Waals surface area contributed by atoms with Gasteiger partial charge in [0.15, 0.2) is 6.10 Å². The maximum atomic E-state index is 13.2. The third-order valence-corrected chi connectivity index (χ3v) is 5.98. The average Bonchev–Trinajstić information content (AvgIpc) is 3.09. The first-order chi connectivity index (χ1) is 13.6. The van der Waals surface area contributed by atoms with Gasteiger partial charge in [0.05, 0.1) is 11.1 Å². The van der Waals surface area contributed by atoms with Crippen molar-refractivity contribution in [3.05, 3.63) is 41.1 Å². The Hall–Kier alpha value is -2.43. The van der Waals surface area contributed by atoms with Crippen LogP contribution < -0.4 is 5.32 Å². The molecule has 2 aliphatic carbocycles. The highest BCUT2D eigenvalue weighted by Gasteiger charge is 2.27. The number of fused-ring (bicyclic) bond motifs is 2. The lowest BCUT2D eigenvalue weighted by Crippen LogP contribution is -2.41. The fourth-order valence-corrected chi connectivity index (χ4v) is 4.44. The van der Waals surface area contributed by atoms with Gasteiger partial charge in [-0.3, -0.25) is 9.78 Å². The molecule has 0 radical (unpaired) electrons. The van der Waals surface area contributed by atoms with Gasteiger partial charge in [0.25, 0.3) is 5.91 Å². The van der Waals surface area contributed by atoms with E-state index in [-0.39, 0.29) is 11.9 Å². The van der Waals surface area contributed by atoms with Crippen molar-refractivity contribution in [2.75, 3.05) is 0 Å². The zero-order valence-corrected chi connectivity index (χ0v) is 16.5. The van der Waals surface area contributed by atoms with Gasteiger partial charge in [-0.05, 0) is 57.1 Å². The molecule has 4 rings (SSSR count). The number of esters is 1. The Kier molecular flexibility index (Phi) is 5.60. The number of rotatable bonds is 4. The van der Waals surface area contributed by atoms with E-state index in [9.17, 15) is 9.59 Å². The highest BCUT2D eigenvalue weighted by atomic mass is 16.5. The number of nitrogens with zero attached hydrogens (tertiary/aromatic N) is 1. The summed E-state index contributed by atoms with van der Waals surface area (Å²) in [6.45, 7) is 1.66. The number of para-hydroxylation sites is 1. The topological polar surface area (TPSA) is 68.3 Å². The van der Waals surface area contributed by atoms with Gasteiger partial charge in [-0.15, -0.1) is 0 Å². The zero-order chi connectivity index (χ0) is 19.5. The molecule has 0 bridgehead atoms. The van der Waals surface area contributed by atoms with Gasteiger partial charge in [-0.25, -0.2) is 4.79 Å². The van der Waals surface area contributed by atoms with Crippen molar-refractivity contribution in [1.82, 2.24) is 10.3 Å². The number of pyridine rings is 1. The lowest BCUT2D eigenvalue weighted by atomic mass is 9.97. The quantitative estimate of drug-likeness (QED) is 0.640. The van der Waals surface area contributed by atoms with Crippen LogP contribution in [-0.4, -0.2) is 29.0 Å². The van der Waals surface area contributed by atoms with E-state index in [4.69, 9.17) is 9.72 Å². The van der Waals surface area contributed by atoms with Crippen molar-refractivity contribution in [2.24, 2.45) is 0 Å². The second-order valence-electron chi connectivity index (χ2n) is 8.03. The third kappa shape index (κ3) is 3.89. The zero-order valence-electron chi connectivity index (χ0n) is 16.5. The largest absolute Gasteiger partial charge is 0.449 e. The molecule has 0 saturated heterocycles. The first-order valence-electron chi connectivity index (χ1n) is 10.6. The molecule has 1 fully saturated rings. The molecule has 1 amide bonds. The molecule has 28 heavy (non-hydrogen) atoms. The third-order valence-electron chi connectivity index (χ3n) is 5.98. The van der Waals surface area contributed by atoms with Gasteiger partial charge in [0, 0.05) is 17.1 Å². The minimum Gasteiger partial charge on any atom is -0.449 e. The minimum absolute atomic E-state index is 0.204. The summed E-state index contributed by atoms with van der Waals surface area (Å²) in [5, 5.41) is 3.83. The minimum atomic E-state index is -0.804. The lowest BCUT2D eigenvalue weighted by Gasteiger charge is -2.19. The summed E-state index contributed by atoms with van der Waals surface area (Å²) in [5.74, 6) is -0.615. The number of aryl methyl sites for hydroxylation is 1. The van der Waals surface area contributed by atoms with Crippen molar-refractivity contribution in [3.63, 3.8) is 0 Å². The number of amides is 1. The number of hydrogen-bond donors (Lipinski definition) is 1. The maximum absolute atomic E-state index is 13.2. The van der Waals surface area contributed by atoms with E-state index in [1.54, 1.807) is 6.92 Å². The summed E-state index contributed by atoms with van der Waals surface area (Å²) in [6, 6.07) is 7.93. The molecule has 1 aromatic carbocycles. The van der Waals surface area contributed by atoms with E-state index in [0.29, 0.717) is 5.56 Å². The molecule has 5 heteroatoms. The van der Waals surface area contributed by atoms with Gasteiger partial charge in [-0.2, -0.15) is 0 Å². The predicted molar refractivity (Wildman–Crippen MR) is 108 cm³/mol. The number of carbonyl (C=O) groups is 2. The molecule has 148 valence electrons. The van der Waals surface area contributed by atoms with Gasteiger partial charge in [-0.1, -0.05) is 37.5 Å². The van der Waals surface area contributed by atoms with Crippen molar-refractivity contribution in [3.8, 4) is 0 Å². The molecule has 1 atom stereocenters. The van der Waals surface area contributed by atoms with Gasteiger partial charge >= 0.3 is 5.97 Å². The average molecular weight is 380 g/mol. The van der Waals surface area contributed by atoms with Crippen molar-refractivity contribution in [2.45, 2.75) is 76.9 Å². The molecule has 1 heterocycles. The van der Waals surface area contributed by atoms with E-state index in [0.717, 1.165) is 79.9 Å². The molecular weight excluding hydrogens is 352 g/mol. The molecule has 0 spiro atoms. The van der Waals surface area contributed by atoms with E-state index < -0.39 is 12.1 Å².